The molecule has 19 nitrogen and oxygen atoms in total. The Bertz CT molecular complexity index is 2960. The zero-order valence-corrected chi connectivity index (χ0v) is 55.9. The Labute approximate surface area is 536 Å². The van der Waals surface area contributed by atoms with Crippen molar-refractivity contribution in [3.05, 3.63) is 87.0 Å². The molecule has 3 aliphatic rings. The van der Waals surface area contributed by atoms with Crippen molar-refractivity contribution in [2.75, 3.05) is 43.3 Å². The number of unbranched alkanes of at least 4 members (excludes halogenated alkanes) is 3. The van der Waals surface area contributed by atoms with E-state index in [9.17, 15) is 48.3 Å². The number of anilines is 1. The van der Waals surface area contributed by atoms with E-state index in [4.69, 9.17) is 36.3 Å². The van der Waals surface area contributed by atoms with Crippen LogP contribution in [-0.4, -0.2) is 149 Å². The predicted octanol–water partition coefficient (Wildman–Crippen LogP) is 9.25. The number of allylic oxidation sites excluding steroid dienone is 3. The normalized spacial score (nSPS) is 24.2. The van der Waals surface area contributed by atoms with E-state index in [2.05, 4.69) is 42.5 Å². The van der Waals surface area contributed by atoms with Gasteiger partial charge in [-0.15, -0.1) is 0 Å². The van der Waals surface area contributed by atoms with Crippen LogP contribution >= 0.6 is 43.5 Å². The highest BCUT2D eigenvalue weighted by Gasteiger charge is 2.64. The van der Waals surface area contributed by atoms with Gasteiger partial charge in [-0.2, -0.15) is 0 Å². The zero-order chi connectivity index (χ0) is 65.5. The number of halogens is 5. The van der Waals surface area contributed by atoms with Gasteiger partial charge in [0.1, 0.15) is 58.8 Å². The van der Waals surface area contributed by atoms with E-state index >= 15 is 8.78 Å². The van der Waals surface area contributed by atoms with E-state index in [1.54, 1.807) is 52.8 Å². The van der Waals surface area contributed by atoms with Crippen molar-refractivity contribution in [2.45, 2.75) is 186 Å². The molecule has 3 heterocycles. The molecule has 88 heavy (non-hydrogen) atoms. The monoisotopic (exact) mass is 1380 g/mol. The van der Waals surface area contributed by atoms with Crippen molar-refractivity contribution in [1.29, 1.82) is 0 Å². The lowest BCUT2D eigenvalue weighted by Crippen LogP contribution is -2.53. The quantitative estimate of drug-likeness (QED) is 0.0281. The van der Waals surface area contributed by atoms with Crippen molar-refractivity contribution < 1.29 is 76.0 Å². The number of carbonyl (C=O) groups excluding carboxylic acids is 9. The van der Waals surface area contributed by atoms with Crippen LogP contribution in [0.15, 0.2) is 48.1 Å². The molecule has 24 heteroatoms. The van der Waals surface area contributed by atoms with Gasteiger partial charge in [0.25, 0.3) is 5.91 Å². The van der Waals surface area contributed by atoms with Gasteiger partial charge in [0, 0.05) is 88.3 Å². The van der Waals surface area contributed by atoms with Crippen LogP contribution in [0.4, 0.5) is 19.3 Å². The number of nitrogens with one attached hydrogen (secondary N) is 2. The summed E-state index contributed by atoms with van der Waals surface area (Å²) in [6, 6.07) is 1.34. The maximum Gasteiger partial charge on any atom is 0.328 e. The van der Waals surface area contributed by atoms with Crippen LogP contribution in [0.3, 0.4) is 0 Å². The molecule has 0 saturated carbocycles. The molecular formula is C64H86Br2ClF2N5O14. The second kappa shape index (κ2) is 33.0. The van der Waals surface area contributed by atoms with E-state index in [1.165, 1.54) is 33.0 Å². The highest BCUT2D eigenvalue weighted by atomic mass is 79.9. The molecule has 2 aromatic carbocycles. The van der Waals surface area contributed by atoms with Gasteiger partial charge in [-0.05, 0) is 101 Å². The number of esters is 2. The minimum atomic E-state index is -1.69. The first-order valence-electron chi connectivity index (χ1n) is 29.9. The smallest absolute Gasteiger partial charge is 0.328 e. The third kappa shape index (κ3) is 19.5. The second-order valence-electron chi connectivity index (χ2n) is 24.3. The van der Waals surface area contributed by atoms with Gasteiger partial charge in [0.2, 0.25) is 11.8 Å². The summed E-state index contributed by atoms with van der Waals surface area (Å²) in [5, 5.41) is 18.6. The first-order valence-corrected chi connectivity index (χ1v) is 32.5. The molecule has 2 saturated heterocycles. The number of Topliss-reactive ketones (excluding diaryl/α,β-unsaturated/α-hetero) is 3. The van der Waals surface area contributed by atoms with Crippen LogP contribution in [-0.2, 0) is 65.4 Å². The Morgan fingerprint density at radius 2 is 1.64 bits per heavy atom. The molecule has 486 valence electrons. The molecule has 0 radical (unpaired) electrons. The number of amides is 5. The molecule has 0 aliphatic carbocycles. The number of aliphatic hydroxyl groups is 1. The number of rotatable bonds is 27. The fourth-order valence-corrected chi connectivity index (χ4v) is 13.4. The number of hydrogen-bond donors (Lipinski definition) is 4. The summed E-state index contributed by atoms with van der Waals surface area (Å²) in [6.45, 7) is 11.9. The van der Waals surface area contributed by atoms with Crippen LogP contribution in [0.25, 0.3) is 0 Å². The van der Waals surface area contributed by atoms with Gasteiger partial charge in [-0.3, -0.25) is 33.6 Å². The van der Waals surface area contributed by atoms with Gasteiger partial charge in [0.05, 0.1) is 41.3 Å². The fraction of sp³-hybridized carbons (Fsp3) is 0.609. The molecule has 0 spiro atoms. The summed E-state index contributed by atoms with van der Waals surface area (Å²) in [5.41, 5.74) is 3.67. The van der Waals surface area contributed by atoms with E-state index < -0.39 is 137 Å². The van der Waals surface area contributed by atoms with Crippen LogP contribution in [0.2, 0.25) is 5.02 Å². The van der Waals surface area contributed by atoms with Gasteiger partial charge in [0.15, 0.2) is 5.78 Å². The number of fused-ring (bicyclic) bond motifs is 5. The van der Waals surface area contributed by atoms with Crippen molar-refractivity contribution >= 4 is 102 Å². The lowest BCUT2D eigenvalue weighted by Gasteiger charge is -2.41. The molecule has 2 fully saturated rings. The minimum Gasteiger partial charge on any atom is -0.462 e. The zero-order valence-electron chi connectivity index (χ0n) is 52.0. The fourth-order valence-electron chi connectivity index (χ4n) is 11.3. The summed E-state index contributed by atoms with van der Waals surface area (Å²) in [6.07, 6.45) is 3.41. The summed E-state index contributed by atoms with van der Waals surface area (Å²) in [7, 11) is 4.12. The highest BCUT2D eigenvalue weighted by Crippen LogP contribution is 2.50. The summed E-state index contributed by atoms with van der Waals surface area (Å²) >= 11 is 13.6. The van der Waals surface area contributed by atoms with E-state index in [1.807, 2.05) is 19.1 Å². The third-order valence-corrected chi connectivity index (χ3v) is 19.2. The number of alkyl halides is 2. The number of ketones is 3. The second-order valence-corrected chi connectivity index (χ2v) is 26.0. The summed E-state index contributed by atoms with van der Waals surface area (Å²) in [5.74, 6) is -9.08. The molecule has 3 aliphatic heterocycles. The minimum absolute atomic E-state index is 0.0203. The third-order valence-electron chi connectivity index (χ3n) is 17.2. The summed E-state index contributed by atoms with van der Waals surface area (Å²) in [4.78, 5) is 123. The standard InChI is InChI=1S/C64H86Br2ClF2N5O14/c1-35(2)44(28-43(75)18-13-11-12-14-20-50(76)42(33-65)34-66)59(80)72-48(19-16-22-71-62(70)83)51(77)27-41-26-47(69)45(29-46(41)68)60(81)73(8)39(6)61(82)87-54-30-55(78)74(9)49-25-40(24-37(4)57(49)67)23-36(3)17-15-21-53(85-10)64(84)31-52(86-56(79)32-64)38(5)58-63(54,7)88-58/h15,17,21,24-26,29,35,38-39,42,44,48,52-54,58,84H,11-14,16,18-20,22-23,27-28,30-34H2,1-10H3,(H,72,80)(H3,70,71,83)/b21-15+,36-17+/t38-,39+,44+,48+,52+,53-,54+,58+,63+,64-/m1/s1. The number of carbonyl (C=O) groups is 9. The Hall–Kier alpha value is -5.46. The van der Waals surface area contributed by atoms with E-state index in [0.717, 1.165) is 28.9 Å². The molecule has 5 N–H and O–H groups in total. The summed E-state index contributed by atoms with van der Waals surface area (Å²) < 4.78 is 56.3. The molecule has 5 amide bonds. The largest absolute Gasteiger partial charge is 0.462 e. The number of methoxy groups -OCH3 is 1. The van der Waals surface area contributed by atoms with Crippen molar-refractivity contribution in [1.82, 2.24) is 15.5 Å². The average Bonchev–Trinajstić information content (AvgIpc) is 1.65. The molecular weight excluding hydrogens is 1300 g/mol. The SMILES string of the molecule is CO[C@@H]1/C=C/C=C(\C)Cc2cc(C)c(Cl)c(c2)N(C)C(=O)C[C@H](OC(=O)[C@H](C)N(C)C(=O)c2cc(F)c(CC(=O)[C@H](CCCNC(N)=O)NC(=O)[C@@H](CC(=O)CCCCCCC(=O)C(CBr)CBr)C(C)C)cc2F)[C@]2(C)O[C@H]2[C@H](C)[C@@H]2C[C@@]1(O)CC(=O)O2. The highest BCUT2D eigenvalue weighted by molar-refractivity contribution is 9.09. The van der Waals surface area contributed by atoms with Crippen LogP contribution in [0.5, 0.6) is 0 Å². The lowest BCUT2D eigenvalue weighted by molar-refractivity contribution is -0.187. The number of aryl methyl sites for hydroxylation is 1. The Morgan fingerprint density at radius 1 is 0.966 bits per heavy atom. The Kier molecular flexibility index (Phi) is 27.5. The first kappa shape index (κ1) is 73.3. The molecule has 5 rings (SSSR count). The number of ether oxygens (including phenoxy) is 4. The molecule has 0 unspecified atom stereocenters. The molecule has 0 aromatic heterocycles. The topological polar surface area (TPSA) is 271 Å². The molecule has 2 aromatic rings. The Morgan fingerprint density at radius 3 is 2.27 bits per heavy atom. The number of hydrogen-bond acceptors (Lipinski definition) is 14. The number of benzene rings is 2. The number of likely N-dealkylation sites (N-methyl/N-ethyl adjacent to an activating group) is 1. The van der Waals surface area contributed by atoms with Crippen molar-refractivity contribution in [3.63, 3.8) is 0 Å². The van der Waals surface area contributed by atoms with E-state index in [0.29, 0.717) is 64.7 Å². The van der Waals surface area contributed by atoms with Gasteiger partial charge in [-0.1, -0.05) is 107 Å². The van der Waals surface area contributed by atoms with Crippen molar-refractivity contribution in [2.24, 2.45) is 29.4 Å². The predicted molar refractivity (Wildman–Crippen MR) is 335 cm³/mol. The number of nitrogens with zero attached hydrogens (tertiary/aromatic N) is 2. The number of nitrogens with two attached hydrogens (primary N) is 1. The van der Waals surface area contributed by atoms with Crippen LogP contribution in [0, 0.1) is 42.2 Å². The van der Waals surface area contributed by atoms with E-state index in [-0.39, 0.29) is 68.5 Å². The first-order chi connectivity index (χ1) is 41.4. The molecule has 4 bridgehead atoms. The number of epoxide rings is 1. The van der Waals surface area contributed by atoms with Crippen molar-refractivity contribution in [3.8, 4) is 0 Å². The number of primary amides is 1. The maximum atomic E-state index is 16.2. The average molecular weight is 1380 g/mol. The van der Waals surface area contributed by atoms with Gasteiger partial charge >= 0.3 is 18.0 Å². The lowest BCUT2D eigenvalue weighted by atomic mass is 9.78. The van der Waals surface area contributed by atoms with Crippen LogP contribution in [0.1, 0.15) is 146 Å². The van der Waals surface area contributed by atoms with Crippen LogP contribution < -0.4 is 21.3 Å². The maximum absolute atomic E-state index is 16.2. The number of urea groups is 1. The van der Waals surface area contributed by atoms with Gasteiger partial charge < -0.3 is 50.2 Å². The van der Waals surface area contributed by atoms with Gasteiger partial charge in [-0.25, -0.2) is 18.4 Å². The molecule has 10 atom stereocenters. The Balaban J connectivity index is 1.33.